The van der Waals surface area contributed by atoms with E-state index < -0.39 is 7.12 Å². The number of unbranched alkanes of at least 4 members (excludes halogenated alkanes) is 1. The molecule has 4 nitrogen and oxygen atoms in total. The van der Waals surface area contributed by atoms with Crippen LogP contribution in [0.25, 0.3) is 0 Å². The second-order valence-electron chi connectivity index (χ2n) is 3.84. The van der Waals surface area contributed by atoms with Gasteiger partial charge in [0.1, 0.15) is 0 Å². The van der Waals surface area contributed by atoms with Crippen molar-refractivity contribution in [3.63, 3.8) is 0 Å². The molecule has 1 aromatic rings. The van der Waals surface area contributed by atoms with Crippen LogP contribution in [0.3, 0.4) is 0 Å². The van der Waals surface area contributed by atoms with Gasteiger partial charge in [-0.05, 0) is 30.9 Å². The Morgan fingerprint density at radius 3 is 2.50 bits per heavy atom. The monoisotopic (exact) mass is 272 g/mol. The topological polar surface area (TPSA) is 58.9 Å². The number of hydrogen-bond acceptors (Lipinski definition) is 4. The van der Waals surface area contributed by atoms with Crippen molar-refractivity contribution in [2.75, 3.05) is 13.2 Å². The quantitative estimate of drug-likeness (QED) is 0.585. The van der Waals surface area contributed by atoms with Crippen molar-refractivity contribution in [2.24, 2.45) is 0 Å². The van der Waals surface area contributed by atoms with E-state index in [1.165, 1.54) is 12.1 Å². The van der Waals surface area contributed by atoms with E-state index in [1.807, 2.05) is 6.92 Å². The van der Waals surface area contributed by atoms with Crippen LogP contribution >= 0.6 is 11.6 Å². The molecule has 100 valence electrons. The zero-order chi connectivity index (χ0) is 13.5. The number of benzene rings is 1. The highest BCUT2D eigenvalue weighted by molar-refractivity contribution is 6.59. The zero-order valence-corrected chi connectivity index (χ0v) is 11.4. The van der Waals surface area contributed by atoms with Gasteiger partial charge >= 0.3 is 7.12 Å². The van der Waals surface area contributed by atoms with Crippen LogP contribution in [-0.2, 0) is 0 Å². The van der Waals surface area contributed by atoms with Crippen molar-refractivity contribution >= 4 is 24.2 Å². The second-order valence-corrected chi connectivity index (χ2v) is 4.25. The molecule has 0 aliphatic rings. The molecule has 0 fully saturated rings. The lowest BCUT2D eigenvalue weighted by atomic mass is 9.80. The molecule has 0 bridgehead atoms. The minimum atomic E-state index is -1.58. The van der Waals surface area contributed by atoms with Crippen LogP contribution in [0.4, 0.5) is 0 Å². The molecule has 1 aromatic carbocycles. The Morgan fingerprint density at radius 2 is 1.94 bits per heavy atom. The molecule has 0 aromatic heterocycles. The highest BCUT2D eigenvalue weighted by Gasteiger charge is 2.18. The summed E-state index contributed by atoms with van der Waals surface area (Å²) in [4.78, 5) is 0. The number of rotatable bonds is 7. The number of halogens is 1. The molecular weight excluding hydrogens is 254 g/mol. The average molecular weight is 273 g/mol. The third kappa shape index (κ3) is 4.08. The average Bonchev–Trinajstić information content (AvgIpc) is 2.33. The molecule has 0 saturated heterocycles. The number of hydrogen-bond donors (Lipinski definition) is 2. The van der Waals surface area contributed by atoms with Gasteiger partial charge in [-0.15, -0.1) is 0 Å². The summed E-state index contributed by atoms with van der Waals surface area (Å²) < 4.78 is 11.0. The minimum Gasteiger partial charge on any atom is -0.490 e. The third-order valence-electron chi connectivity index (χ3n) is 2.37. The van der Waals surface area contributed by atoms with Gasteiger partial charge in [-0.1, -0.05) is 24.9 Å². The molecule has 1 rings (SSSR count). The van der Waals surface area contributed by atoms with Gasteiger partial charge in [0.15, 0.2) is 11.5 Å². The minimum absolute atomic E-state index is 0.287. The molecule has 0 spiro atoms. The Labute approximate surface area is 113 Å². The first-order valence-corrected chi connectivity index (χ1v) is 6.43. The van der Waals surface area contributed by atoms with E-state index in [2.05, 4.69) is 6.92 Å². The lowest BCUT2D eigenvalue weighted by Gasteiger charge is -2.14. The maximum atomic E-state index is 9.17. The molecule has 0 amide bonds. The molecule has 6 heteroatoms. The SMILES string of the molecule is CCCCOc1cc(B(O)O)cc(Cl)c1OCC. The van der Waals surface area contributed by atoms with Gasteiger partial charge in [-0.2, -0.15) is 0 Å². The summed E-state index contributed by atoms with van der Waals surface area (Å²) in [6.07, 6.45) is 1.93. The van der Waals surface area contributed by atoms with Crippen LogP contribution in [-0.4, -0.2) is 30.4 Å². The Balaban J connectivity index is 2.99. The Kier molecular flexibility index (Phi) is 6.32. The molecule has 0 aliphatic heterocycles. The molecule has 0 atom stereocenters. The summed E-state index contributed by atoms with van der Waals surface area (Å²) in [6.45, 7) is 4.91. The second kappa shape index (κ2) is 7.51. The van der Waals surface area contributed by atoms with E-state index >= 15 is 0 Å². The summed E-state index contributed by atoms with van der Waals surface area (Å²) in [5.41, 5.74) is 0.287. The normalized spacial score (nSPS) is 10.3. The lowest BCUT2D eigenvalue weighted by Crippen LogP contribution is -2.30. The van der Waals surface area contributed by atoms with Crippen molar-refractivity contribution in [3.05, 3.63) is 17.2 Å². The molecule has 18 heavy (non-hydrogen) atoms. The molecule has 2 N–H and O–H groups in total. The molecule has 0 heterocycles. The van der Waals surface area contributed by atoms with Crippen LogP contribution in [0, 0.1) is 0 Å². The van der Waals surface area contributed by atoms with Crippen LogP contribution in [0.15, 0.2) is 12.1 Å². The standard InChI is InChI=1S/C12H18BClO4/c1-3-5-6-18-11-8-9(13(15)16)7-10(14)12(11)17-4-2/h7-8,15-16H,3-6H2,1-2H3. The summed E-state index contributed by atoms with van der Waals surface area (Å²) in [7, 11) is -1.58. The summed E-state index contributed by atoms with van der Waals surface area (Å²) in [6, 6.07) is 3.00. The first-order valence-electron chi connectivity index (χ1n) is 6.05. The van der Waals surface area contributed by atoms with Gasteiger partial charge in [0.2, 0.25) is 0 Å². The van der Waals surface area contributed by atoms with Crippen molar-refractivity contribution < 1.29 is 19.5 Å². The van der Waals surface area contributed by atoms with E-state index in [0.29, 0.717) is 29.7 Å². The van der Waals surface area contributed by atoms with Crippen LogP contribution in [0.1, 0.15) is 26.7 Å². The fourth-order valence-corrected chi connectivity index (χ4v) is 1.73. The fourth-order valence-electron chi connectivity index (χ4n) is 1.46. The lowest BCUT2D eigenvalue weighted by molar-refractivity contribution is 0.273. The molecule has 0 saturated carbocycles. The molecule has 0 aliphatic carbocycles. The zero-order valence-electron chi connectivity index (χ0n) is 10.6. The first kappa shape index (κ1) is 15.2. The molecule has 0 unspecified atom stereocenters. The maximum absolute atomic E-state index is 9.17. The molecular formula is C12H18BClO4. The molecule has 0 radical (unpaired) electrons. The predicted molar refractivity (Wildman–Crippen MR) is 72.8 cm³/mol. The van der Waals surface area contributed by atoms with Crippen molar-refractivity contribution in [1.82, 2.24) is 0 Å². The predicted octanol–water partition coefficient (Wildman–Crippen LogP) is 1.60. The van der Waals surface area contributed by atoms with Crippen LogP contribution in [0.2, 0.25) is 5.02 Å². The fraction of sp³-hybridized carbons (Fsp3) is 0.500. The van der Waals surface area contributed by atoms with E-state index in [1.54, 1.807) is 0 Å². The highest BCUT2D eigenvalue weighted by atomic mass is 35.5. The highest BCUT2D eigenvalue weighted by Crippen LogP contribution is 2.34. The summed E-state index contributed by atoms with van der Waals surface area (Å²) in [5.74, 6) is 0.889. The summed E-state index contributed by atoms with van der Waals surface area (Å²) in [5, 5.41) is 18.6. The van der Waals surface area contributed by atoms with Crippen molar-refractivity contribution in [2.45, 2.75) is 26.7 Å². The third-order valence-corrected chi connectivity index (χ3v) is 2.65. The van der Waals surface area contributed by atoms with E-state index in [9.17, 15) is 0 Å². The van der Waals surface area contributed by atoms with Gasteiger partial charge in [0.05, 0.1) is 18.2 Å². The van der Waals surface area contributed by atoms with Crippen molar-refractivity contribution in [1.29, 1.82) is 0 Å². The first-order chi connectivity index (χ1) is 8.60. The van der Waals surface area contributed by atoms with Crippen LogP contribution in [0.5, 0.6) is 11.5 Å². The van der Waals surface area contributed by atoms with Gasteiger partial charge in [-0.25, -0.2) is 0 Å². The van der Waals surface area contributed by atoms with Gasteiger partial charge < -0.3 is 19.5 Å². The van der Waals surface area contributed by atoms with E-state index in [0.717, 1.165) is 12.8 Å². The van der Waals surface area contributed by atoms with E-state index in [4.69, 9.17) is 31.1 Å². The Hall–Kier alpha value is -0.905. The maximum Gasteiger partial charge on any atom is 0.488 e. The Bertz CT molecular complexity index is 385. The van der Waals surface area contributed by atoms with E-state index in [-0.39, 0.29) is 5.46 Å². The van der Waals surface area contributed by atoms with Gasteiger partial charge in [-0.3, -0.25) is 0 Å². The van der Waals surface area contributed by atoms with Crippen LogP contribution < -0.4 is 14.9 Å². The largest absolute Gasteiger partial charge is 0.490 e. The van der Waals surface area contributed by atoms with Gasteiger partial charge in [0.25, 0.3) is 0 Å². The summed E-state index contributed by atoms with van der Waals surface area (Å²) >= 11 is 6.04. The van der Waals surface area contributed by atoms with Crippen molar-refractivity contribution in [3.8, 4) is 11.5 Å². The Morgan fingerprint density at radius 1 is 1.22 bits per heavy atom. The number of ether oxygens (including phenoxy) is 2. The van der Waals surface area contributed by atoms with Gasteiger partial charge in [0, 0.05) is 0 Å². The smallest absolute Gasteiger partial charge is 0.488 e.